The zero-order chi connectivity index (χ0) is 30.1. The Labute approximate surface area is 287 Å². The van der Waals surface area contributed by atoms with E-state index >= 15 is 0 Å². The van der Waals surface area contributed by atoms with E-state index in [0.29, 0.717) is 6.04 Å². The molecule has 42 heavy (non-hydrogen) atoms. The van der Waals surface area contributed by atoms with Crippen molar-refractivity contribution in [1.29, 1.82) is 0 Å². The van der Waals surface area contributed by atoms with Crippen molar-refractivity contribution in [2.45, 2.75) is 226 Å². The zero-order valence-electron chi connectivity index (χ0n) is 29.7. The molecule has 0 amide bonds. The number of unbranched alkanes of at least 4 members (excludes halogenated alkanes) is 26. The van der Waals surface area contributed by atoms with Crippen molar-refractivity contribution in [3.8, 4) is 0 Å². The van der Waals surface area contributed by atoms with Crippen LogP contribution in [0.15, 0.2) is 0 Å². The number of aliphatic carboxylic acids is 1. The second-order valence-electron chi connectivity index (χ2n) is 13.3. The summed E-state index contributed by atoms with van der Waals surface area (Å²) in [4.78, 5) is 13.5. The van der Waals surface area contributed by atoms with Gasteiger partial charge in [0, 0.05) is 12.0 Å². The molecule has 0 spiro atoms. The molecule has 4 heteroatoms. The van der Waals surface area contributed by atoms with Crippen molar-refractivity contribution < 1.29 is 39.5 Å². The van der Waals surface area contributed by atoms with Crippen LogP contribution in [0.1, 0.15) is 220 Å². The first-order valence-corrected chi connectivity index (χ1v) is 19.1. The van der Waals surface area contributed by atoms with Gasteiger partial charge in [0.2, 0.25) is 0 Å². The molecule has 0 rings (SSSR count). The molecule has 3 nitrogen and oxygen atoms in total. The summed E-state index contributed by atoms with van der Waals surface area (Å²) in [6.45, 7) is 9.26. The van der Waals surface area contributed by atoms with Gasteiger partial charge < -0.3 is 14.8 Å². The third-order valence-electron chi connectivity index (χ3n) is 9.22. The van der Waals surface area contributed by atoms with E-state index in [-0.39, 0.29) is 36.0 Å². The summed E-state index contributed by atoms with van der Waals surface area (Å²) in [5.74, 6) is -0.900. The van der Waals surface area contributed by atoms with E-state index in [1.165, 1.54) is 193 Å². The predicted molar refractivity (Wildman–Crippen MR) is 181 cm³/mol. The van der Waals surface area contributed by atoms with E-state index in [2.05, 4.69) is 25.7 Å². The van der Waals surface area contributed by atoms with E-state index in [9.17, 15) is 9.90 Å². The van der Waals surface area contributed by atoms with Crippen LogP contribution in [-0.2, 0) is 4.79 Å². The molecule has 1 unspecified atom stereocenters. The summed E-state index contributed by atoms with van der Waals surface area (Å²) in [6.07, 6.45) is 41.3. The fourth-order valence-electron chi connectivity index (χ4n) is 6.30. The molecule has 0 saturated heterocycles. The Morgan fingerprint density at radius 3 is 1.00 bits per heavy atom. The van der Waals surface area contributed by atoms with Crippen molar-refractivity contribution in [2.24, 2.45) is 0 Å². The molecule has 0 aromatic carbocycles. The molecule has 0 aliphatic rings. The molecule has 0 bridgehead atoms. The topological polar surface area (TPSA) is 43.4 Å². The molecule has 246 valence electrons. The molecule has 0 N–H and O–H groups in total. The minimum Gasteiger partial charge on any atom is -0.550 e. The molecule has 0 aromatic rings. The quantitative estimate of drug-likeness (QED) is 0.0540. The number of carbonyl (C=O) groups is 1. The van der Waals surface area contributed by atoms with Crippen molar-refractivity contribution in [3.63, 3.8) is 0 Å². The third-order valence-corrected chi connectivity index (χ3v) is 9.22. The van der Waals surface area contributed by atoms with Crippen molar-refractivity contribution >= 4 is 5.97 Å². The fourth-order valence-corrected chi connectivity index (χ4v) is 6.30. The second kappa shape index (κ2) is 37.6. The van der Waals surface area contributed by atoms with Crippen LogP contribution >= 0.6 is 0 Å². The molecule has 0 aliphatic carbocycles. The van der Waals surface area contributed by atoms with E-state index in [0.717, 1.165) is 12.8 Å². The van der Waals surface area contributed by atoms with Gasteiger partial charge in [-0.25, -0.2) is 0 Å². The summed E-state index contributed by atoms with van der Waals surface area (Å²) < 4.78 is 0. The summed E-state index contributed by atoms with van der Waals surface area (Å²) in [5, 5.41) is 10.9. The Bertz CT molecular complexity index is 483. The zero-order valence-corrected chi connectivity index (χ0v) is 31.7. The Morgan fingerprint density at radius 2 is 0.738 bits per heavy atom. The maximum atomic E-state index is 10.9. The van der Waals surface area contributed by atoms with Crippen LogP contribution in [-0.4, -0.2) is 30.0 Å². The molecule has 0 aromatic heterocycles. The van der Waals surface area contributed by atoms with Gasteiger partial charge in [0.1, 0.15) is 0 Å². The van der Waals surface area contributed by atoms with Gasteiger partial charge in [-0.3, -0.25) is 0 Å². The smallest absolute Gasteiger partial charge is 0.550 e. The Balaban J connectivity index is 0. The summed E-state index contributed by atoms with van der Waals surface area (Å²) in [6, 6.07) is 0.485. The normalized spacial score (nSPS) is 12.1. The summed E-state index contributed by atoms with van der Waals surface area (Å²) >= 11 is 0. The minimum atomic E-state index is -0.900. The number of carbonyl (C=O) groups excluding carboxylic acids is 1. The van der Waals surface area contributed by atoms with Gasteiger partial charge in [0.05, 0.1) is 0 Å². The minimum absolute atomic E-state index is 0. The molecule has 0 fully saturated rings. The Hall–Kier alpha value is 0.430. The van der Waals surface area contributed by atoms with Gasteiger partial charge >= 0.3 is 29.6 Å². The maximum Gasteiger partial charge on any atom is 1.00 e. The first kappa shape index (κ1) is 44.6. The van der Waals surface area contributed by atoms with Crippen molar-refractivity contribution in [1.82, 2.24) is 4.90 Å². The van der Waals surface area contributed by atoms with Crippen LogP contribution in [0.5, 0.6) is 0 Å². The molecule has 0 aliphatic heterocycles. The first-order chi connectivity index (χ1) is 20.1. The van der Waals surface area contributed by atoms with Crippen LogP contribution in [0.4, 0.5) is 0 Å². The standard InChI is InChI=1S/C38H77NO2.Na/c1-4-6-8-10-12-14-16-18-20-22-24-26-28-30-35-39(37(3)33-32-34-38(40)41)36-31-29-27-25-23-21-19-17-15-13-11-9-7-5-2;/h37H,4-36H2,1-3H3,(H,40,41);/q;+1/p-1. The molecule has 0 heterocycles. The summed E-state index contributed by atoms with van der Waals surface area (Å²) in [7, 11) is 0. The Kier molecular flexibility index (Phi) is 39.9. The van der Waals surface area contributed by atoms with Crippen LogP contribution in [0.3, 0.4) is 0 Å². The molecule has 0 radical (unpaired) electrons. The number of carboxylic acids is 1. The first-order valence-electron chi connectivity index (χ1n) is 19.1. The van der Waals surface area contributed by atoms with Gasteiger partial charge in [0.15, 0.2) is 0 Å². The Morgan fingerprint density at radius 1 is 0.476 bits per heavy atom. The van der Waals surface area contributed by atoms with Gasteiger partial charge in [0.25, 0.3) is 0 Å². The van der Waals surface area contributed by atoms with Gasteiger partial charge in [-0.1, -0.05) is 181 Å². The van der Waals surface area contributed by atoms with Crippen LogP contribution in [0.2, 0.25) is 0 Å². The monoisotopic (exact) mass is 602 g/mol. The average Bonchev–Trinajstić information content (AvgIpc) is 2.96. The van der Waals surface area contributed by atoms with Gasteiger partial charge in [-0.05, 0) is 52.1 Å². The van der Waals surface area contributed by atoms with Gasteiger partial charge in [-0.15, -0.1) is 0 Å². The number of rotatable bonds is 35. The number of nitrogens with zero attached hydrogens (tertiary/aromatic N) is 1. The van der Waals surface area contributed by atoms with Crippen molar-refractivity contribution in [3.05, 3.63) is 0 Å². The van der Waals surface area contributed by atoms with E-state index in [1.807, 2.05) is 0 Å². The van der Waals surface area contributed by atoms with Gasteiger partial charge in [-0.2, -0.15) is 0 Å². The summed E-state index contributed by atoms with van der Waals surface area (Å²) in [5.41, 5.74) is 0. The predicted octanol–water partition coefficient (Wildman–Crippen LogP) is 8.56. The molecular weight excluding hydrogens is 525 g/mol. The van der Waals surface area contributed by atoms with Crippen molar-refractivity contribution in [2.75, 3.05) is 13.1 Å². The fraction of sp³-hybridized carbons (Fsp3) is 0.974. The van der Waals surface area contributed by atoms with E-state index in [4.69, 9.17) is 0 Å². The molecule has 0 saturated carbocycles. The second-order valence-corrected chi connectivity index (χ2v) is 13.3. The van der Waals surface area contributed by atoms with E-state index in [1.54, 1.807) is 0 Å². The average molecular weight is 602 g/mol. The van der Waals surface area contributed by atoms with Crippen LogP contribution in [0.25, 0.3) is 0 Å². The van der Waals surface area contributed by atoms with Crippen LogP contribution < -0.4 is 34.7 Å². The number of hydrogen-bond donors (Lipinski definition) is 0. The van der Waals surface area contributed by atoms with Crippen LogP contribution in [0, 0.1) is 0 Å². The number of carboxylic acid groups (broad SMARTS) is 1. The van der Waals surface area contributed by atoms with E-state index < -0.39 is 5.97 Å². The molecular formula is C38H76NNaO2. The third kappa shape index (κ3) is 34.9. The largest absolute Gasteiger partial charge is 1.00 e. The molecule has 1 atom stereocenters. The maximum absolute atomic E-state index is 10.9. The SMILES string of the molecule is CCCCCCCCCCCCCCCCN(CCCCCCCCCCCCCCCC)C(C)CCCC(=O)[O-].[Na+]. The number of hydrogen-bond acceptors (Lipinski definition) is 3.